The van der Waals surface area contributed by atoms with Crippen LogP contribution in [0.25, 0.3) is 0 Å². The molecule has 3 aliphatic rings. The molecule has 1 N–H and O–H groups in total. The number of carbonyl (C=O) groups is 1. The molecule has 1 amide bonds. The van der Waals surface area contributed by atoms with Crippen molar-refractivity contribution >= 4 is 18.3 Å². The van der Waals surface area contributed by atoms with Crippen molar-refractivity contribution in [3.05, 3.63) is 0 Å². The number of amides is 1. The zero-order valence-corrected chi connectivity index (χ0v) is 14.3. The van der Waals surface area contributed by atoms with Gasteiger partial charge in [0.15, 0.2) is 0 Å². The molecule has 3 rings (SSSR count). The summed E-state index contributed by atoms with van der Waals surface area (Å²) in [6.07, 6.45) is 4.90. The summed E-state index contributed by atoms with van der Waals surface area (Å²) in [6.45, 7) is 11.0. The Kier molecular flexibility index (Phi) is 5.55. The Labute approximate surface area is 135 Å². The molecule has 1 saturated carbocycles. The zero-order chi connectivity index (χ0) is 14.2. The van der Waals surface area contributed by atoms with Crippen molar-refractivity contribution < 1.29 is 4.79 Å². The molecule has 0 aromatic heterocycles. The molecule has 5 heteroatoms. The van der Waals surface area contributed by atoms with Gasteiger partial charge < -0.3 is 10.2 Å². The number of piperazine rings is 1. The quantitative estimate of drug-likeness (QED) is 0.862. The first-order valence-electron chi connectivity index (χ1n) is 8.31. The number of rotatable bonds is 3. The second kappa shape index (κ2) is 6.84. The first kappa shape index (κ1) is 17.0. The van der Waals surface area contributed by atoms with Crippen LogP contribution in [0, 0.1) is 11.8 Å². The van der Waals surface area contributed by atoms with Gasteiger partial charge in [-0.05, 0) is 58.5 Å². The van der Waals surface area contributed by atoms with Crippen LogP contribution in [0.5, 0.6) is 0 Å². The Morgan fingerprint density at radius 1 is 1.24 bits per heavy atom. The standard InChI is InChI=1S/C16H29N3O.ClH/c1-16(2)12-18(15(20)14-5-6-14)8-9-19(16)11-13-4-3-7-17-10-13;/h13-14,17H,3-12H2,1-2H3;1H. The first-order valence-corrected chi connectivity index (χ1v) is 8.31. The van der Waals surface area contributed by atoms with E-state index in [2.05, 4.69) is 29.0 Å². The molecule has 2 saturated heterocycles. The average molecular weight is 316 g/mol. The van der Waals surface area contributed by atoms with Crippen LogP contribution in [-0.4, -0.2) is 60.5 Å². The molecule has 1 aliphatic carbocycles. The lowest BCUT2D eigenvalue weighted by molar-refractivity contribution is -0.137. The Morgan fingerprint density at radius 2 is 2.00 bits per heavy atom. The highest BCUT2D eigenvalue weighted by Crippen LogP contribution is 2.33. The molecule has 2 heterocycles. The summed E-state index contributed by atoms with van der Waals surface area (Å²) < 4.78 is 0. The van der Waals surface area contributed by atoms with E-state index in [4.69, 9.17) is 0 Å². The highest BCUT2D eigenvalue weighted by molar-refractivity contribution is 5.85. The van der Waals surface area contributed by atoms with E-state index in [-0.39, 0.29) is 17.9 Å². The minimum Gasteiger partial charge on any atom is -0.339 e. The van der Waals surface area contributed by atoms with E-state index < -0.39 is 0 Å². The van der Waals surface area contributed by atoms with Gasteiger partial charge in [-0.3, -0.25) is 9.69 Å². The molecule has 0 bridgehead atoms. The van der Waals surface area contributed by atoms with E-state index in [1.807, 2.05) is 0 Å². The number of hydrogen-bond donors (Lipinski definition) is 1. The van der Waals surface area contributed by atoms with Crippen LogP contribution in [0.3, 0.4) is 0 Å². The SMILES string of the molecule is CC1(C)CN(C(=O)C2CC2)CCN1CC1CCCNC1.Cl. The Hall–Kier alpha value is -0.320. The molecular formula is C16H30ClN3O. The smallest absolute Gasteiger partial charge is 0.225 e. The van der Waals surface area contributed by atoms with Crippen LogP contribution in [-0.2, 0) is 4.79 Å². The lowest BCUT2D eigenvalue weighted by atomic mass is 9.93. The average Bonchev–Trinajstić information content (AvgIpc) is 3.25. The fourth-order valence-electron chi connectivity index (χ4n) is 3.70. The highest BCUT2D eigenvalue weighted by Gasteiger charge is 2.40. The van der Waals surface area contributed by atoms with Crippen LogP contribution in [0.4, 0.5) is 0 Å². The predicted octanol–water partition coefficient (Wildman–Crippen LogP) is 1.74. The van der Waals surface area contributed by atoms with Gasteiger partial charge in [0.05, 0.1) is 0 Å². The van der Waals surface area contributed by atoms with Crippen LogP contribution < -0.4 is 5.32 Å². The number of carbonyl (C=O) groups excluding carboxylic acids is 1. The summed E-state index contributed by atoms with van der Waals surface area (Å²) in [5.74, 6) is 1.56. The summed E-state index contributed by atoms with van der Waals surface area (Å²) in [5, 5.41) is 3.51. The minimum atomic E-state index is 0. The van der Waals surface area contributed by atoms with E-state index in [9.17, 15) is 4.79 Å². The van der Waals surface area contributed by atoms with E-state index in [1.54, 1.807) is 0 Å². The van der Waals surface area contributed by atoms with Gasteiger partial charge in [-0.1, -0.05) is 0 Å². The summed E-state index contributed by atoms with van der Waals surface area (Å²) in [6, 6.07) is 0. The summed E-state index contributed by atoms with van der Waals surface area (Å²) in [7, 11) is 0. The van der Waals surface area contributed by atoms with Gasteiger partial charge in [0.2, 0.25) is 5.91 Å². The van der Waals surface area contributed by atoms with Crippen LogP contribution >= 0.6 is 12.4 Å². The van der Waals surface area contributed by atoms with Gasteiger partial charge >= 0.3 is 0 Å². The third-order valence-electron chi connectivity index (χ3n) is 5.19. The van der Waals surface area contributed by atoms with Crippen molar-refractivity contribution in [1.82, 2.24) is 15.1 Å². The molecule has 3 fully saturated rings. The fourth-order valence-corrected chi connectivity index (χ4v) is 3.70. The molecule has 4 nitrogen and oxygen atoms in total. The van der Waals surface area contributed by atoms with E-state index in [0.29, 0.717) is 11.8 Å². The van der Waals surface area contributed by atoms with Crippen LogP contribution in [0.1, 0.15) is 39.5 Å². The summed E-state index contributed by atoms with van der Waals surface area (Å²) in [4.78, 5) is 17.0. The van der Waals surface area contributed by atoms with Crippen molar-refractivity contribution in [3.63, 3.8) is 0 Å². The highest BCUT2D eigenvalue weighted by atomic mass is 35.5. The lowest BCUT2D eigenvalue weighted by Gasteiger charge is -2.48. The topological polar surface area (TPSA) is 35.6 Å². The fraction of sp³-hybridized carbons (Fsp3) is 0.938. The van der Waals surface area contributed by atoms with Gasteiger partial charge in [-0.25, -0.2) is 0 Å². The molecule has 122 valence electrons. The maximum absolute atomic E-state index is 12.2. The van der Waals surface area contributed by atoms with Crippen LogP contribution in [0.2, 0.25) is 0 Å². The molecule has 2 aliphatic heterocycles. The zero-order valence-electron chi connectivity index (χ0n) is 13.4. The number of piperidine rings is 1. The normalized spacial score (nSPS) is 29.8. The molecule has 0 aromatic rings. The van der Waals surface area contributed by atoms with E-state index in [1.165, 1.54) is 25.9 Å². The van der Waals surface area contributed by atoms with Crippen molar-refractivity contribution in [2.24, 2.45) is 11.8 Å². The Morgan fingerprint density at radius 3 is 2.57 bits per heavy atom. The van der Waals surface area contributed by atoms with Crippen molar-refractivity contribution in [2.45, 2.75) is 45.1 Å². The lowest BCUT2D eigenvalue weighted by Crippen LogP contribution is -2.61. The molecule has 0 spiro atoms. The van der Waals surface area contributed by atoms with E-state index >= 15 is 0 Å². The van der Waals surface area contributed by atoms with Gasteiger partial charge in [0.25, 0.3) is 0 Å². The largest absolute Gasteiger partial charge is 0.339 e. The summed E-state index contributed by atoms with van der Waals surface area (Å²) in [5.41, 5.74) is 0.125. The molecule has 21 heavy (non-hydrogen) atoms. The maximum atomic E-state index is 12.2. The Balaban J connectivity index is 0.00000161. The third kappa shape index (κ3) is 4.11. The third-order valence-corrected chi connectivity index (χ3v) is 5.19. The first-order chi connectivity index (χ1) is 9.56. The second-order valence-corrected chi connectivity index (χ2v) is 7.50. The predicted molar refractivity (Wildman–Crippen MR) is 87.8 cm³/mol. The maximum Gasteiger partial charge on any atom is 0.225 e. The number of nitrogens with one attached hydrogen (secondary N) is 1. The number of nitrogens with zero attached hydrogens (tertiary/aromatic N) is 2. The minimum absolute atomic E-state index is 0. The second-order valence-electron chi connectivity index (χ2n) is 7.50. The van der Waals surface area contributed by atoms with Crippen molar-refractivity contribution in [3.8, 4) is 0 Å². The van der Waals surface area contributed by atoms with Crippen molar-refractivity contribution in [1.29, 1.82) is 0 Å². The number of halogens is 1. The monoisotopic (exact) mass is 315 g/mol. The van der Waals surface area contributed by atoms with Crippen LogP contribution in [0.15, 0.2) is 0 Å². The number of hydrogen-bond acceptors (Lipinski definition) is 3. The van der Waals surface area contributed by atoms with Gasteiger partial charge in [0.1, 0.15) is 0 Å². The van der Waals surface area contributed by atoms with Gasteiger partial charge in [-0.15, -0.1) is 12.4 Å². The summed E-state index contributed by atoms with van der Waals surface area (Å²) >= 11 is 0. The molecule has 1 atom stereocenters. The Bertz CT molecular complexity index is 365. The molecule has 1 unspecified atom stereocenters. The molecule has 0 aromatic carbocycles. The molecule has 0 radical (unpaired) electrons. The van der Waals surface area contributed by atoms with Gasteiger partial charge in [-0.2, -0.15) is 0 Å². The van der Waals surface area contributed by atoms with E-state index in [0.717, 1.165) is 44.9 Å². The molecular weight excluding hydrogens is 286 g/mol. The van der Waals surface area contributed by atoms with Gasteiger partial charge in [0, 0.05) is 37.6 Å². The van der Waals surface area contributed by atoms with Crippen molar-refractivity contribution in [2.75, 3.05) is 39.3 Å².